The van der Waals surface area contributed by atoms with E-state index < -0.39 is 0 Å². The predicted molar refractivity (Wildman–Crippen MR) is 24.9 cm³/mol. The van der Waals surface area contributed by atoms with Gasteiger partial charge in [0.25, 0.3) is 0 Å². The van der Waals surface area contributed by atoms with Crippen LogP contribution in [0.25, 0.3) is 16.0 Å². The topological polar surface area (TPSA) is 107 Å². The zero-order valence-corrected chi connectivity index (χ0v) is 3.91. The molecule has 0 aliphatic heterocycles. The molecule has 0 aliphatic carbocycles. The van der Waals surface area contributed by atoms with Crippen molar-refractivity contribution in [3.8, 4) is 0 Å². The van der Waals surface area contributed by atoms with E-state index in [0.717, 1.165) is 0 Å². The fourth-order valence-corrected chi connectivity index (χ4v) is 0. The van der Waals surface area contributed by atoms with Crippen LogP contribution < -0.4 is 5.73 Å². The molecule has 0 fully saturated rings. The number of hydrogen-bond acceptors (Lipinski definition) is 1. The van der Waals surface area contributed by atoms with Crippen LogP contribution in [-0.4, -0.2) is 18.3 Å². The van der Waals surface area contributed by atoms with Gasteiger partial charge in [-0.25, -0.2) is 0 Å². The van der Waals surface area contributed by atoms with Gasteiger partial charge in [-0.15, -0.1) is 0 Å². The average molecular weight is 104 g/mol. The van der Waals surface area contributed by atoms with Gasteiger partial charge in [0.2, 0.25) is 0 Å². The van der Waals surface area contributed by atoms with Crippen molar-refractivity contribution in [2.75, 3.05) is 13.2 Å². The first-order chi connectivity index (χ1) is 3.33. The molecule has 0 atom stereocenters. The van der Waals surface area contributed by atoms with Crippen LogP contribution in [0.4, 0.5) is 0 Å². The Morgan fingerprint density at radius 2 is 1.71 bits per heavy atom. The van der Waals surface area contributed by atoms with Gasteiger partial charge in [-0.05, 0) is 0 Å². The number of aliphatic hydroxyl groups excluding tert-OH is 1. The molecule has 0 aromatic heterocycles. The fraction of sp³-hybridized carbons (Fsp3) is 1.00. The van der Waals surface area contributed by atoms with Crippen molar-refractivity contribution in [3.05, 3.63) is 16.0 Å². The van der Waals surface area contributed by atoms with Crippen molar-refractivity contribution >= 4 is 0 Å². The van der Waals surface area contributed by atoms with E-state index in [0.29, 0.717) is 6.54 Å². The zero-order chi connectivity index (χ0) is 6.12. The van der Waals surface area contributed by atoms with Crippen LogP contribution in [0.1, 0.15) is 0 Å². The molecular formula is C2H8N4O. The number of hydrogen-bond donors (Lipinski definition) is 2. The number of nitrogens with zero attached hydrogens (tertiary/aromatic N) is 3. The number of quaternary nitrogens is 1. The summed E-state index contributed by atoms with van der Waals surface area (Å²) in [6, 6.07) is 0. The molecule has 0 saturated carbocycles. The minimum Gasteiger partial charge on any atom is -0.391 e. The normalized spacial score (nSPS) is 5.43. The van der Waals surface area contributed by atoms with Crippen molar-refractivity contribution in [1.29, 1.82) is 0 Å². The summed E-state index contributed by atoms with van der Waals surface area (Å²) in [6.07, 6.45) is 0. The van der Waals surface area contributed by atoms with E-state index in [1.165, 1.54) is 4.91 Å². The van der Waals surface area contributed by atoms with E-state index in [2.05, 4.69) is 5.73 Å². The fourth-order valence-electron chi connectivity index (χ4n) is 0. The SMILES string of the molecule is [N-]=[N+]=[N-].[NH3+]CCO. The second-order valence-electron chi connectivity index (χ2n) is 0.667. The third kappa shape index (κ3) is 1030. The largest absolute Gasteiger partial charge is 0.391 e. The summed E-state index contributed by atoms with van der Waals surface area (Å²) in [7, 11) is 0. The second-order valence-corrected chi connectivity index (χ2v) is 0.667. The lowest BCUT2D eigenvalue weighted by molar-refractivity contribution is -0.372. The molecule has 0 radical (unpaired) electrons. The van der Waals surface area contributed by atoms with E-state index in [1.807, 2.05) is 0 Å². The molecule has 0 rings (SSSR count). The highest BCUT2D eigenvalue weighted by atomic mass is 16.3. The Morgan fingerprint density at radius 1 is 1.57 bits per heavy atom. The van der Waals surface area contributed by atoms with Gasteiger partial charge in [-0.1, -0.05) is 0 Å². The molecule has 0 aromatic rings. The summed E-state index contributed by atoms with van der Waals surface area (Å²) in [4.78, 5) is 1.50. The van der Waals surface area contributed by atoms with Crippen LogP contribution in [0.3, 0.4) is 0 Å². The van der Waals surface area contributed by atoms with Crippen LogP contribution in [-0.2, 0) is 0 Å². The summed E-state index contributed by atoms with van der Waals surface area (Å²) in [5, 5.41) is 7.81. The van der Waals surface area contributed by atoms with E-state index in [-0.39, 0.29) is 6.61 Å². The van der Waals surface area contributed by atoms with Crippen LogP contribution >= 0.6 is 0 Å². The summed E-state index contributed by atoms with van der Waals surface area (Å²) < 4.78 is 0. The molecule has 0 bridgehead atoms. The molecule has 0 spiro atoms. The monoisotopic (exact) mass is 104 g/mol. The molecule has 5 heteroatoms. The third-order valence-electron chi connectivity index (χ3n) is 0.158. The van der Waals surface area contributed by atoms with Crippen molar-refractivity contribution < 1.29 is 10.8 Å². The van der Waals surface area contributed by atoms with E-state index >= 15 is 0 Å². The van der Waals surface area contributed by atoms with E-state index in [9.17, 15) is 0 Å². The lowest BCUT2D eigenvalue weighted by atomic mass is 10.8. The Hall–Kier alpha value is -0.770. The standard InChI is InChI=1S/C2H7NO.N3/c3-1-2-4;1-3-2/h4H,1-3H2;/q;-1/p+1. The van der Waals surface area contributed by atoms with Crippen molar-refractivity contribution in [2.24, 2.45) is 0 Å². The number of aliphatic hydroxyl groups is 1. The van der Waals surface area contributed by atoms with E-state index in [4.69, 9.17) is 16.2 Å². The van der Waals surface area contributed by atoms with Crippen LogP contribution in [0, 0.1) is 0 Å². The molecule has 0 saturated heterocycles. The summed E-state index contributed by atoms with van der Waals surface area (Å²) in [5.41, 5.74) is 16.9. The van der Waals surface area contributed by atoms with Gasteiger partial charge in [-0.2, -0.15) is 0 Å². The lowest BCUT2D eigenvalue weighted by Crippen LogP contribution is -2.51. The van der Waals surface area contributed by atoms with Gasteiger partial charge < -0.3 is 21.9 Å². The first-order valence-electron chi connectivity index (χ1n) is 1.72. The summed E-state index contributed by atoms with van der Waals surface area (Å²) in [5.74, 6) is 0. The second kappa shape index (κ2) is 18.8. The van der Waals surface area contributed by atoms with Gasteiger partial charge in [0.1, 0.15) is 0 Å². The zero-order valence-electron chi connectivity index (χ0n) is 3.91. The Morgan fingerprint density at radius 3 is 1.71 bits per heavy atom. The summed E-state index contributed by atoms with van der Waals surface area (Å²) >= 11 is 0. The quantitative estimate of drug-likeness (QED) is 0.250. The lowest BCUT2D eigenvalue weighted by Gasteiger charge is -1.67. The first-order valence-corrected chi connectivity index (χ1v) is 1.72. The first kappa shape index (κ1) is 9.52. The minimum absolute atomic E-state index is 0.208. The average Bonchev–Trinajstić information content (AvgIpc) is 1.69. The van der Waals surface area contributed by atoms with Gasteiger partial charge >= 0.3 is 0 Å². The van der Waals surface area contributed by atoms with Crippen LogP contribution in [0.5, 0.6) is 0 Å². The molecule has 7 heavy (non-hydrogen) atoms. The predicted octanol–water partition coefficient (Wildman–Crippen LogP) is -0.913. The Bertz CT molecular complexity index is 45.7. The molecule has 4 N–H and O–H groups in total. The van der Waals surface area contributed by atoms with Crippen molar-refractivity contribution in [2.45, 2.75) is 0 Å². The number of rotatable bonds is 1. The molecular weight excluding hydrogens is 96.0 g/mol. The maximum atomic E-state index is 7.81. The van der Waals surface area contributed by atoms with Crippen LogP contribution in [0.2, 0.25) is 0 Å². The van der Waals surface area contributed by atoms with Gasteiger partial charge in [-0.3, -0.25) is 4.91 Å². The van der Waals surface area contributed by atoms with Gasteiger partial charge in [0.15, 0.2) is 0 Å². The molecule has 0 amide bonds. The Balaban J connectivity index is 0. The highest BCUT2D eigenvalue weighted by Gasteiger charge is 1.60. The minimum atomic E-state index is 0.208. The third-order valence-corrected chi connectivity index (χ3v) is 0.158. The molecule has 0 unspecified atom stereocenters. The summed E-state index contributed by atoms with van der Waals surface area (Å²) in [6.45, 7) is 0.833. The van der Waals surface area contributed by atoms with Gasteiger partial charge in [0, 0.05) is 0 Å². The smallest absolute Gasteiger partial charge is 0.0974 e. The maximum Gasteiger partial charge on any atom is 0.0974 e. The molecule has 0 heterocycles. The maximum absolute atomic E-state index is 7.81. The molecule has 5 nitrogen and oxygen atoms in total. The molecule has 42 valence electrons. The van der Waals surface area contributed by atoms with Crippen molar-refractivity contribution in [3.63, 3.8) is 0 Å². The molecule has 0 aromatic carbocycles. The highest BCUT2D eigenvalue weighted by Crippen LogP contribution is 1.29. The molecule has 0 aliphatic rings. The van der Waals surface area contributed by atoms with E-state index in [1.54, 1.807) is 0 Å². The Labute approximate surface area is 41.2 Å². The van der Waals surface area contributed by atoms with Crippen LogP contribution in [0.15, 0.2) is 0 Å². The van der Waals surface area contributed by atoms with Gasteiger partial charge in [0.05, 0.1) is 13.2 Å². The van der Waals surface area contributed by atoms with Crippen molar-refractivity contribution in [1.82, 2.24) is 0 Å². The Kier molecular flexibility index (Phi) is 25.6. The highest BCUT2D eigenvalue weighted by molar-refractivity contribution is 4.36.